The van der Waals surface area contributed by atoms with E-state index < -0.39 is 0 Å². The van der Waals surface area contributed by atoms with E-state index in [4.69, 9.17) is 20.2 Å². The zero-order valence-electron chi connectivity index (χ0n) is 19.6. The first-order valence-corrected chi connectivity index (χ1v) is 13.4. The van der Waals surface area contributed by atoms with Crippen LogP contribution in [-0.2, 0) is 13.1 Å². The van der Waals surface area contributed by atoms with Crippen LogP contribution >= 0.6 is 27.7 Å². The number of hydrogen-bond donors (Lipinski definition) is 1. The van der Waals surface area contributed by atoms with Gasteiger partial charge in [0.1, 0.15) is 0 Å². The molecule has 0 fully saturated rings. The Balaban J connectivity index is 1.14. The molecule has 0 amide bonds. The highest BCUT2D eigenvalue weighted by Crippen LogP contribution is 2.43. The Labute approximate surface area is 222 Å². The maximum absolute atomic E-state index is 6.15. The fourth-order valence-electron chi connectivity index (χ4n) is 4.45. The van der Waals surface area contributed by atoms with Crippen molar-refractivity contribution < 1.29 is 9.47 Å². The molecular weight excluding hydrogens is 540 g/mol. The number of imidazole rings is 1. The molecule has 0 spiro atoms. The monoisotopic (exact) mass is 564 g/mol. The van der Waals surface area contributed by atoms with Crippen LogP contribution in [0.1, 0.15) is 18.4 Å². The summed E-state index contributed by atoms with van der Waals surface area (Å²) in [6, 6.07) is 14.5. The lowest BCUT2D eigenvalue weighted by atomic mass is 10.0. The zero-order valence-corrected chi connectivity index (χ0v) is 22.0. The van der Waals surface area contributed by atoms with Gasteiger partial charge in [0.2, 0.25) is 6.79 Å². The van der Waals surface area contributed by atoms with Gasteiger partial charge in [-0.25, -0.2) is 15.0 Å². The summed E-state index contributed by atoms with van der Waals surface area (Å²) in [6.45, 7) is 4.06. The SMILES string of the molecule is Nc1ncn(CCC2=CCN(Cc3ccccc3)CC2)c2nc(Sc3cc4c(cc3Br)OCO4)nc1-2. The summed E-state index contributed by atoms with van der Waals surface area (Å²) in [7, 11) is 0. The molecule has 4 heterocycles. The van der Waals surface area contributed by atoms with Gasteiger partial charge in [0.15, 0.2) is 34.0 Å². The standard InChI is InChI=1S/C26H25BrN6O2S/c27-19-12-20-21(35-16-34-20)13-22(19)36-26-30-23-24(28)29-15-33(25(23)31-26)11-8-17-6-9-32(10-7-17)14-18-4-2-1-3-5-18/h1-6,12-13,15H,7-11,14,16,28H2. The van der Waals surface area contributed by atoms with Gasteiger partial charge in [-0.2, -0.15) is 0 Å². The Morgan fingerprint density at radius 2 is 1.92 bits per heavy atom. The molecule has 10 heteroatoms. The molecule has 0 aliphatic carbocycles. The largest absolute Gasteiger partial charge is 0.454 e. The fourth-order valence-corrected chi connectivity index (χ4v) is 5.80. The second kappa shape index (κ2) is 10.1. The van der Waals surface area contributed by atoms with E-state index in [1.807, 2.05) is 12.1 Å². The van der Waals surface area contributed by atoms with E-state index in [0.717, 1.165) is 65.7 Å². The number of hydrogen-bond acceptors (Lipinski definition) is 8. The molecule has 36 heavy (non-hydrogen) atoms. The van der Waals surface area contributed by atoms with Crippen molar-refractivity contribution in [1.82, 2.24) is 24.4 Å². The third-order valence-corrected chi connectivity index (χ3v) is 8.25. The van der Waals surface area contributed by atoms with Crippen LogP contribution in [0.4, 0.5) is 5.82 Å². The zero-order chi connectivity index (χ0) is 24.5. The molecule has 2 aromatic rings. The molecule has 0 radical (unpaired) electrons. The highest BCUT2D eigenvalue weighted by molar-refractivity contribution is 9.10. The number of nitrogens with zero attached hydrogens (tertiary/aromatic N) is 5. The molecule has 4 aliphatic heterocycles. The van der Waals surface area contributed by atoms with E-state index in [0.29, 0.717) is 16.7 Å². The van der Waals surface area contributed by atoms with Crippen LogP contribution in [-0.4, -0.2) is 44.3 Å². The van der Waals surface area contributed by atoms with E-state index in [-0.39, 0.29) is 6.79 Å². The van der Waals surface area contributed by atoms with Crippen molar-refractivity contribution in [1.29, 1.82) is 0 Å². The Hall–Kier alpha value is -3.08. The summed E-state index contributed by atoms with van der Waals surface area (Å²) in [5.74, 6) is 2.59. The number of ether oxygens (including phenoxy) is 2. The minimum atomic E-state index is 0.232. The number of rotatable bonds is 7. The Morgan fingerprint density at radius 1 is 1.08 bits per heavy atom. The van der Waals surface area contributed by atoms with E-state index >= 15 is 0 Å². The van der Waals surface area contributed by atoms with Crippen LogP contribution < -0.4 is 15.2 Å². The normalized spacial score (nSPS) is 15.4. The van der Waals surface area contributed by atoms with Gasteiger partial charge in [0.05, 0.1) is 6.33 Å². The lowest BCUT2D eigenvalue weighted by molar-refractivity contribution is 0.174. The minimum absolute atomic E-state index is 0.232. The number of aromatic nitrogens is 4. The quantitative estimate of drug-likeness (QED) is 0.305. The maximum atomic E-state index is 6.15. The molecule has 0 saturated heterocycles. The number of nitrogens with two attached hydrogens (primary N) is 1. The molecular formula is C26H25BrN6O2S. The number of benzene rings is 2. The number of fused-ring (bicyclic) bond motifs is 2. The summed E-state index contributed by atoms with van der Waals surface area (Å²) in [4.78, 5) is 17.3. The molecule has 0 bridgehead atoms. The predicted octanol–water partition coefficient (Wildman–Crippen LogP) is 5.22. The van der Waals surface area contributed by atoms with E-state index in [9.17, 15) is 0 Å². The summed E-state index contributed by atoms with van der Waals surface area (Å²) in [5.41, 5.74) is 9.61. The number of halogens is 1. The van der Waals surface area contributed by atoms with Crippen molar-refractivity contribution in [3.8, 4) is 23.0 Å². The van der Waals surface area contributed by atoms with Crippen molar-refractivity contribution in [3.05, 3.63) is 70.5 Å². The van der Waals surface area contributed by atoms with Gasteiger partial charge in [0, 0.05) is 35.5 Å². The van der Waals surface area contributed by atoms with Crippen molar-refractivity contribution in [3.63, 3.8) is 0 Å². The van der Waals surface area contributed by atoms with Crippen LogP contribution in [0.25, 0.3) is 11.5 Å². The number of anilines is 1. The summed E-state index contributed by atoms with van der Waals surface area (Å²) in [5, 5.41) is 0.617. The third-order valence-electron chi connectivity index (χ3n) is 6.41. The average Bonchev–Trinajstić information content (AvgIpc) is 3.53. The Kier molecular flexibility index (Phi) is 6.56. The van der Waals surface area contributed by atoms with Crippen molar-refractivity contribution in [2.24, 2.45) is 0 Å². The first-order valence-electron chi connectivity index (χ1n) is 11.8. The molecule has 4 aliphatic rings. The van der Waals surface area contributed by atoms with Crippen LogP contribution in [0.3, 0.4) is 0 Å². The van der Waals surface area contributed by atoms with E-state index in [1.54, 1.807) is 6.33 Å². The van der Waals surface area contributed by atoms with Gasteiger partial charge in [-0.05, 0) is 58.2 Å². The molecule has 8 nitrogen and oxygen atoms in total. The van der Waals surface area contributed by atoms with Gasteiger partial charge in [-0.1, -0.05) is 42.0 Å². The number of nitrogen functional groups attached to an aromatic ring is 1. The average molecular weight is 565 g/mol. The van der Waals surface area contributed by atoms with Crippen LogP contribution in [0, 0.1) is 0 Å². The second-order valence-electron chi connectivity index (χ2n) is 8.82. The topological polar surface area (TPSA) is 91.3 Å². The van der Waals surface area contributed by atoms with Crippen molar-refractivity contribution in [2.75, 3.05) is 25.6 Å². The smallest absolute Gasteiger partial charge is 0.231 e. The van der Waals surface area contributed by atoms with Crippen LogP contribution in [0.15, 0.2) is 75.0 Å². The highest BCUT2D eigenvalue weighted by Gasteiger charge is 2.22. The van der Waals surface area contributed by atoms with Crippen LogP contribution in [0.2, 0.25) is 0 Å². The molecule has 184 valence electrons. The molecule has 0 aromatic heterocycles. The molecule has 0 unspecified atom stereocenters. The number of aryl methyl sites for hydroxylation is 1. The fraction of sp³-hybridized carbons (Fsp3) is 0.269. The first-order chi connectivity index (χ1) is 17.6. The lowest BCUT2D eigenvalue weighted by Gasteiger charge is -2.26. The van der Waals surface area contributed by atoms with Gasteiger partial charge >= 0.3 is 0 Å². The second-order valence-corrected chi connectivity index (χ2v) is 10.7. The summed E-state index contributed by atoms with van der Waals surface area (Å²) in [6.07, 6.45) is 6.16. The Bertz CT molecular complexity index is 1390. The molecule has 0 saturated carbocycles. The first kappa shape index (κ1) is 23.3. The van der Waals surface area contributed by atoms with Crippen molar-refractivity contribution in [2.45, 2.75) is 36.0 Å². The molecule has 2 N–H and O–H groups in total. The Morgan fingerprint density at radius 3 is 2.72 bits per heavy atom. The predicted molar refractivity (Wildman–Crippen MR) is 142 cm³/mol. The third kappa shape index (κ3) is 4.93. The van der Waals surface area contributed by atoms with Gasteiger partial charge < -0.3 is 19.8 Å². The summed E-state index contributed by atoms with van der Waals surface area (Å²) < 4.78 is 13.9. The van der Waals surface area contributed by atoms with Crippen LogP contribution in [0.5, 0.6) is 11.5 Å². The maximum Gasteiger partial charge on any atom is 0.231 e. The molecule has 0 atom stereocenters. The lowest BCUT2D eigenvalue weighted by Crippen LogP contribution is -2.28. The molecule has 6 rings (SSSR count). The van der Waals surface area contributed by atoms with Gasteiger partial charge in [-0.3, -0.25) is 4.90 Å². The minimum Gasteiger partial charge on any atom is -0.454 e. The molecule has 2 aromatic carbocycles. The van der Waals surface area contributed by atoms with E-state index in [2.05, 4.69) is 71.8 Å². The highest BCUT2D eigenvalue weighted by atomic mass is 79.9. The van der Waals surface area contributed by atoms with Gasteiger partial charge in [-0.15, -0.1) is 0 Å². The van der Waals surface area contributed by atoms with E-state index in [1.165, 1.54) is 22.9 Å². The van der Waals surface area contributed by atoms with Crippen molar-refractivity contribution >= 4 is 33.5 Å². The van der Waals surface area contributed by atoms with Gasteiger partial charge in [0.25, 0.3) is 0 Å². The summed E-state index contributed by atoms with van der Waals surface area (Å²) >= 11 is 5.06.